The normalized spacial score (nSPS) is 11.1. The van der Waals surface area contributed by atoms with Crippen LogP contribution in [0, 0.1) is 6.92 Å². The first-order valence-corrected chi connectivity index (χ1v) is 7.69. The van der Waals surface area contributed by atoms with Gasteiger partial charge in [-0.05, 0) is 30.7 Å². The minimum absolute atomic E-state index is 0.348. The maximum Gasteiger partial charge on any atom is 0.258 e. The van der Waals surface area contributed by atoms with Crippen molar-refractivity contribution in [3.63, 3.8) is 0 Å². The number of rotatable bonds is 3. The van der Waals surface area contributed by atoms with E-state index in [1.165, 1.54) is 0 Å². The number of carbonyl (C=O) groups is 1. The van der Waals surface area contributed by atoms with Crippen LogP contribution < -0.4 is 5.73 Å². The van der Waals surface area contributed by atoms with Gasteiger partial charge in [0.1, 0.15) is 0 Å². The summed E-state index contributed by atoms with van der Waals surface area (Å²) in [7, 11) is 1.88. The fourth-order valence-electron chi connectivity index (χ4n) is 2.74. The molecule has 0 atom stereocenters. The number of benzene rings is 2. The molecule has 1 amide bonds. The highest BCUT2D eigenvalue weighted by atomic mass is 16.5. The molecule has 0 aliphatic rings. The van der Waals surface area contributed by atoms with Crippen LogP contribution in [0.3, 0.4) is 0 Å². The van der Waals surface area contributed by atoms with Crippen molar-refractivity contribution in [2.24, 2.45) is 12.8 Å². The van der Waals surface area contributed by atoms with Gasteiger partial charge in [-0.3, -0.25) is 9.48 Å². The van der Waals surface area contributed by atoms with Gasteiger partial charge in [-0.1, -0.05) is 23.4 Å². The molecule has 0 saturated carbocycles. The van der Waals surface area contributed by atoms with Gasteiger partial charge in [0, 0.05) is 29.1 Å². The van der Waals surface area contributed by atoms with Crippen LogP contribution in [0.4, 0.5) is 0 Å². The Labute approximate surface area is 143 Å². The molecule has 0 bridgehead atoms. The molecular formula is C18H15N5O2. The summed E-state index contributed by atoms with van der Waals surface area (Å²) in [5.74, 6) is 0.324. The minimum Gasteiger partial charge on any atom is -0.366 e. The van der Waals surface area contributed by atoms with Gasteiger partial charge in [0.25, 0.3) is 5.89 Å². The van der Waals surface area contributed by atoms with Crippen molar-refractivity contribution in [2.75, 3.05) is 0 Å². The zero-order chi connectivity index (χ0) is 17.6. The quantitative estimate of drug-likeness (QED) is 0.621. The first-order valence-electron chi connectivity index (χ1n) is 7.69. The smallest absolute Gasteiger partial charge is 0.258 e. The number of amides is 1. The van der Waals surface area contributed by atoms with Crippen molar-refractivity contribution >= 4 is 16.8 Å². The lowest BCUT2D eigenvalue weighted by Crippen LogP contribution is -2.10. The number of aryl methyl sites for hydroxylation is 2. The summed E-state index contributed by atoms with van der Waals surface area (Å²) in [5, 5.41) is 9.34. The lowest BCUT2D eigenvalue weighted by Gasteiger charge is -2.02. The molecule has 0 aliphatic heterocycles. The Bertz CT molecular complexity index is 1110. The number of nitrogens with zero attached hydrogens (tertiary/aromatic N) is 4. The summed E-state index contributed by atoms with van der Waals surface area (Å²) in [6.07, 6.45) is 1.81. The van der Waals surface area contributed by atoms with E-state index in [2.05, 4.69) is 15.2 Å². The van der Waals surface area contributed by atoms with Crippen LogP contribution in [0.15, 0.2) is 47.1 Å². The standard InChI is InChI=1S/C18H15N5O2/c1-10-3-4-11(16(19)24)7-14(10)18-21-17(22-25-18)12-5-6-13-9-20-23(2)15(13)8-12/h3-9H,1-2H3,(H2,19,24). The second kappa shape index (κ2) is 5.55. The van der Waals surface area contributed by atoms with E-state index in [1.54, 1.807) is 29.1 Å². The third-order valence-electron chi connectivity index (χ3n) is 4.19. The predicted octanol–water partition coefficient (Wildman–Crippen LogP) is 2.70. The van der Waals surface area contributed by atoms with E-state index in [4.69, 9.17) is 10.3 Å². The molecule has 0 aliphatic carbocycles. The van der Waals surface area contributed by atoms with E-state index in [1.807, 2.05) is 32.2 Å². The molecule has 4 aromatic rings. The average Bonchev–Trinajstić information content (AvgIpc) is 3.22. The van der Waals surface area contributed by atoms with Crippen molar-refractivity contribution in [1.29, 1.82) is 0 Å². The molecule has 2 N–H and O–H groups in total. The van der Waals surface area contributed by atoms with E-state index < -0.39 is 5.91 Å². The first-order chi connectivity index (χ1) is 12.0. The van der Waals surface area contributed by atoms with Crippen LogP contribution >= 0.6 is 0 Å². The Morgan fingerprint density at radius 2 is 2.04 bits per heavy atom. The SMILES string of the molecule is Cc1ccc(C(N)=O)cc1-c1nc(-c2ccc3cnn(C)c3c2)no1. The summed E-state index contributed by atoms with van der Waals surface area (Å²) in [6.45, 7) is 1.91. The van der Waals surface area contributed by atoms with Crippen molar-refractivity contribution in [1.82, 2.24) is 19.9 Å². The van der Waals surface area contributed by atoms with Crippen LogP contribution in [0.5, 0.6) is 0 Å². The van der Waals surface area contributed by atoms with E-state index in [9.17, 15) is 4.79 Å². The molecule has 2 aromatic heterocycles. The molecule has 0 spiro atoms. The lowest BCUT2D eigenvalue weighted by atomic mass is 10.0. The first kappa shape index (κ1) is 15.1. The van der Waals surface area contributed by atoms with Gasteiger partial charge in [0.05, 0.1) is 11.7 Å². The monoisotopic (exact) mass is 333 g/mol. The lowest BCUT2D eigenvalue weighted by molar-refractivity contribution is 0.100. The van der Waals surface area contributed by atoms with E-state index in [0.29, 0.717) is 22.8 Å². The molecule has 7 heteroatoms. The summed E-state index contributed by atoms with van der Waals surface area (Å²) in [5.41, 5.74) is 9.17. The number of nitrogens with two attached hydrogens (primary N) is 1. The highest BCUT2D eigenvalue weighted by Crippen LogP contribution is 2.27. The number of hydrogen-bond acceptors (Lipinski definition) is 5. The largest absolute Gasteiger partial charge is 0.366 e. The Kier molecular flexibility index (Phi) is 3.35. The Morgan fingerprint density at radius 1 is 1.20 bits per heavy atom. The summed E-state index contributed by atoms with van der Waals surface area (Å²) in [4.78, 5) is 15.9. The van der Waals surface area contributed by atoms with Gasteiger partial charge >= 0.3 is 0 Å². The van der Waals surface area contributed by atoms with Crippen LogP contribution in [0.1, 0.15) is 15.9 Å². The zero-order valence-corrected chi connectivity index (χ0v) is 13.7. The third kappa shape index (κ3) is 2.55. The molecule has 0 fully saturated rings. The average molecular weight is 333 g/mol. The van der Waals surface area contributed by atoms with Gasteiger partial charge < -0.3 is 10.3 Å². The molecule has 0 unspecified atom stereocenters. The highest BCUT2D eigenvalue weighted by molar-refractivity contribution is 5.94. The molecule has 25 heavy (non-hydrogen) atoms. The molecule has 4 rings (SSSR count). The van der Waals surface area contributed by atoms with Crippen LogP contribution in [0.25, 0.3) is 33.7 Å². The summed E-state index contributed by atoms with van der Waals surface area (Å²) < 4.78 is 7.20. The number of carbonyl (C=O) groups excluding carboxylic acids is 1. The van der Waals surface area contributed by atoms with Crippen molar-refractivity contribution in [2.45, 2.75) is 6.92 Å². The number of aromatic nitrogens is 4. The van der Waals surface area contributed by atoms with Crippen molar-refractivity contribution in [3.8, 4) is 22.8 Å². The fraction of sp³-hybridized carbons (Fsp3) is 0.111. The predicted molar refractivity (Wildman–Crippen MR) is 92.7 cm³/mol. The molecule has 0 radical (unpaired) electrons. The second-order valence-corrected chi connectivity index (χ2v) is 5.86. The fourth-order valence-corrected chi connectivity index (χ4v) is 2.74. The summed E-state index contributed by atoms with van der Waals surface area (Å²) in [6, 6.07) is 11.0. The Morgan fingerprint density at radius 3 is 2.84 bits per heavy atom. The molecular weight excluding hydrogens is 318 g/mol. The van der Waals surface area contributed by atoms with Gasteiger partial charge in [-0.15, -0.1) is 0 Å². The third-order valence-corrected chi connectivity index (χ3v) is 4.19. The highest BCUT2D eigenvalue weighted by Gasteiger charge is 2.15. The molecule has 2 heterocycles. The Hall–Kier alpha value is -3.48. The molecule has 0 saturated heterocycles. The number of hydrogen-bond donors (Lipinski definition) is 1. The molecule has 7 nitrogen and oxygen atoms in total. The van der Waals surface area contributed by atoms with Gasteiger partial charge in [-0.25, -0.2) is 0 Å². The van der Waals surface area contributed by atoms with Crippen LogP contribution in [-0.4, -0.2) is 25.8 Å². The van der Waals surface area contributed by atoms with Crippen molar-refractivity contribution in [3.05, 3.63) is 53.7 Å². The second-order valence-electron chi connectivity index (χ2n) is 5.86. The topological polar surface area (TPSA) is 99.8 Å². The number of primary amides is 1. The van der Waals surface area contributed by atoms with Crippen LogP contribution in [0.2, 0.25) is 0 Å². The zero-order valence-electron chi connectivity index (χ0n) is 13.7. The van der Waals surface area contributed by atoms with Crippen LogP contribution in [-0.2, 0) is 7.05 Å². The summed E-state index contributed by atoms with van der Waals surface area (Å²) >= 11 is 0. The van der Waals surface area contributed by atoms with Crippen molar-refractivity contribution < 1.29 is 9.32 Å². The Balaban J connectivity index is 1.78. The van der Waals surface area contributed by atoms with E-state index >= 15 is 0 Å². The molecule has 124 valence electrons. The number of fused-ring (bicyclic) bond motifs is 1. The molecule has 2 aromatic carbocycles. The van der Waals surface area contributed by atoms with Gasteiger partial charge in [0.2, 0.25) is 11.7 Å². The maximum absolute atomic E-state index is 11.4. The van der Waals surface area contributed by atoms with Gasteiger partial charge in [0.15, 0.2) is 0 Å². The van der Waals surface area contributed by atoms with E-state index in [-0.39, 0.29) is 0 Å². The maximum atomic E-state index is 11.4. The van der Waals surface area contributed by atoms with Gasteiger partial charge in [-0.2, -0.15) is 10.1 Å². The minimum atomic E-state index is -0.498. The van der Waals surface area contributed by atoms with E-state index in [0.717, 1.165) is 22.0 Å².